The smallest absolute Gasteiger partial charge is 0.257 e. The molecule has 0 fully saturated rings. The first-order chi connectivity index (χ1) is 13.6. The van der Waals surface area contributed by atoms with Crippen LogP contribution in [0.2, 0.25) is 0 Å². The van der Waals surface area contributed by atoms with Gasteiger partial charge in [0, 0.05) is 16.6 Å². The third-order valence-electron chi connectivity index (χ3n) is 3.63. The molecule has 0 bridgehead atoms. The highest BCUT2D eigenvalue weighted by atomic mass is 32.1. The van der Waals surface area contributed by atoms with Crippen molar-refractivity contribution in [3.05, 3.63) is 88.6 Å². The molecule has 3 aromatic rings. The van der Waals surface area contributed by atoms with Gasteiger partial charge in [0.1, 0.15) is 0 Å². The van der Waals surface area contributed by atoms with Gasteiger partial charge in [-0.3, -0.25) is 14.9 Å². The van der Waals surface area contributed by atoms with E-state index < -0.39 is 0 Å². The zero-order valence-corrected chi connectivity index (χ0v) is 16.3. The molecule has 0 atom stereocenters. The fourth-order valence-corrected chi connectivity index (χ4v) is 3.19. The van der Waals surface area contributed by atoms with Gasteiger partial charge in [0.2, 0.25) is 5.91 Å². The van der Waals surface area contributed by atoms with E-state index in [1.807, 2.05) is 35.7 Å². The summed E-state index contributed by atoms with van der Waals surface area (Å²) >= 11 is 6.73. The number of benzene rings is 2. The lowest BCUT2D eigenvalue weighted by atomic mass is 10.1. The van der Waals surface area contributed by atoms with Crippen molar-refractivity contribution >= 4 is 57.9 Å². The zero-order chi connectivity index (χ0) is 19.8. The Kier molecular flexibility index (Phi) is 6.67. The van der Waals surface area contributed by atoms with E-state index in [1.54, 1.807) is 42.5 Å². The fourth-order valence-electron chi connectivity index (χ4n) is 2.36. The van der Waals surface area contributed by atoms with Crippen LogP contribution < -0.4 is 16.0 Å². The second-order valence-corrected chi connectivity index (χ2v) is 7.05. The molecule has 0 aliphatic heterocycles. The Hall–Kier alpha value is -3.29. The molecule has 0 unspecified atom stereocenters. The summed E-state index contributed by atoms with van der Waals surface area (Å²) in [4.78, 5) is 25.5. The van der Waals surface area contributed by atoms with Crippen molar-refractivity contribution in [3.63, 3.8) is 0 Å². The number of thiophene rings is 1. The third kappa shape index (κ3) is 5.60. The maximum Gasteiger partial charge on any atom is 0.257 e. The number of hydrogen-bond donors (Lipinski definition) is 3. The van der Waals surface area contributed by atoms with Gasteiger partial charge < -0.3 is 10.6 Å². The van der Waals surface area contributed by atoms with Crippen molar-refractivity contribution < 1.29 is 9.59 Å². The van der Waals surface area contributed by atoms with Crippen LogP contribution in [0.3, 0.4) is 0 Å². The predicted octanol–water partition coefficient (Wildman–Crippen LogP) is 4.53. The maximum atomic E-state index is 12.6. The number of para-hydroxylation sites is 2. The minimum atomic E-state index is -0.350. The second kappa shape index (κ2) is 9.59. The highest BCUT2D eigenvalue weighted by Gasteiger charge is 2.12. The second-order valence-electron chi connectivity index (χ2n) is 5.66. The number of nitrogens with one attached hydrogen (secondary N) is 3. The summed E-state index contributed by atoms with van der Waals surface area (Å²) < 4.78 is 0. The van der Waals surface area contributed by atoms with E-state index in [-0.39, 0.29) is 16.9 Å². The van der Waals surface area contributed by atoms with Crippen LogP contribution in [0.5, 0.6) is 0 Å². The van der Waals surface area contributed by atoms with Crippen LogP contribution in [0.25, 0.3) is 6.08 Å². The van der Waals surface area contributed by atoms with E-state index in [0.717, 1.165) is 4.88 Å². The summed E-state index contributed by atoms with van der Waals surface area (Å²) in [6.45, 7) is 0. The molecule has 0 radical (unpaired) electrons. The molecule has 3 N–H and O–H groups in total. The van der Waals surface area contributed by atoms with Crippen molar-refractivity contribution in [3.8, 4) is 0 Å². The van der Waals surface area contributed by atoms with Crippen molar-refractivity contribution in [1.29, 1.82) is 0 Å². The monoisotopic (exact) mass is 407 g/mol. The molecule has 0 aliphatic carbocycles. The Balaban J connectivity index is 1.63. The molecule has 0 spiro atoms. The van der Waals surface area contributed by atoms with Crippen LogP contribution >= 0.6 is 23.6 Å². The SMILES string of the molecule is O=C(/C=C/c1cccs1)NC(=S)Nc1ccccc1C(=O)Nc1ccccc1. The first kappa shape index (κ1) is 19.5. The number of hydrogen-bond acceptors (Lipinski definition) is 4. The van der Waals surface area contributed by atoms with Gasteiger partial charge in [-0.05, 0) is 54.0 Å². The summed E-state index contributed by atoms with van der Waals surface area (Å²) in [6, 6.07) is 19.9. The molecule has 2 amide bonds. The van der Waals surface area contributed by atoms with Gasteiger partial charge in [0.05, 0.1) is 11.3 Å². The van der Waals surface area contributed by atoms with E-state index in [9.17, 15) is 9.59 Å². The predicted molar refractivity (Wildman–Crippen MR) is 119 cm³/mol. The molecule has 28 heavy (non-hydrogen) atoms. The summed E-state index contributed by atoms with van der Waals surface area (Å²) in [5.41, 5.74) is 1.61. The molecule has 2 aromatic carbocycles. The van der Waals surface area contributed by atoms with Crippen molar-refractivity contribution in [1.82, 2.24) is 5.32 Å². The van der Waals surface area contributed by atoms with Gasteiger partial charge in [0.25, 0.3) is 5.91 Å². The van der Waals surface area contributed by atoms with Crippen molar-refractivity contribution in [2.24, 2.45) is 0 Å². The molecular weight excluding hydrogens is 390 g/mol. The van der Waals surface area contributed by atoms with Gasteiger partial charge in [0.15, 0.2) is 5.11 Å². The van der Waals surface area contributed by atoms with E-state index >= 15 is 0 Å². The van der Waals surface area contributed by atoms with Gasteiger partial charge in [-0.2, -0.15) is 0 Å². The van der Waals surface area contributed by atoms with Crippen LogP contribution in [0, 0.1) is 0 Å². The van der Waals surface area contributed by atoms with E-state index in [4.69, 9.17) is 12.2 Å². The Labute approximate surface area is 172 Å². The molecular formula is C21H17N3O2S2. The van der Waals surface area contributed by atoms with Crippen molar-refractivity contribution in [2.75, 3.05) is 10.6 Å². The molecule has 7 heteroatoms. The highest BCUT2D eigenvalue weighted by Crippen LogP contribution is 2.17. The molecule has 0 saturated carbocycles. The van der Waals surface area contributed by atoms with Crippen LogP contribution in [0.15, 0.2) is 78.2 Å². The Bertz CT molecular complexity index is 1000. The van der Waals surface area contributed by atoms with Gasteiger partial charge in [-0.25, -0.2) is 0 Å². The van der Waals surface area contributed by atoms with Gasteiger partial charge in [-0.1, -0.05) is 36.4 Å². The molecule has 3 rings (SSSR count). The summed E-state index contributed by atoms with van der Waals surface area (Å²) in [5, 5.41) is 10.4. The molecule has 1 aromatic heterocycles. The Morgan fingerprint density at radius 2 is 1.64 bits per heavy atom. The van der Waals surface area contributed by atoms with E-state index in [1.165, 1.54) is 17.4 Å². The lowest BCUT2D eigenvalue weighted by Gasteiger charge is -2.13. The minimum Gasteiger partial charge on any atom is -0.332 e. The molecule has 5 nitrogen and oxygen atoms in total. The van der Waals surface area contributed by atoms with Crippen LogP contribution in [-0.4, -0.2) is 16.9 Å². The molecule has 0 aliphatic rings. The van der Waals surface area contributed by atoms with E-state index in [0.29, 0.717) is 16.9 Å². The molecule has 140 valence electrons. The number of carbonyl (C=O) groups is 2. The molecule has 1 heterocycles. The van der Waals surface area contributed by atoms with Gasteiger partial charge in [-0.15, -0.1) is 11.3 Å². The lowest BCUT2D eigenvalue weighted by Crippen LogP contribution is -2.33. The zero-order valence-electron chi connectivity index (χ0n) is 14.7. The first-order valence-electron chi connectivity index (χ1n) is 8.41. The summed E-state index contributed by atoms with van der Waals surface area (Å²) in [6.07, 6.45) is 3.12. The number of thiocarbonyl (C=S) groups is 1. The quantitative estimate of drug-likeness (QED) is 0.429. The fraction of sp³-hybridized carbons (Fsp3) is 0. The first-order valence-corrected chi connectivity index (χ1v) is 9.69. The van der Waals surface area contributed by atoms with E-state index in [2.05, 4.69) is 16.0 Å². The van der Waals surface area contributed by atoms with Crippen LogP contribution in [-0.2, 0) is 4.79 Å². The Morgan fingerprint density at radius 3 is 2.39 bits per heavy atom. The topological polar surface area (TPSA) is 70.2 Å². The minimum absolute atomic E-state index is 0.112. The maximum absolute atomic E-state index is 12.6. The third-order valence-corrected chi connectivity index (χ3v) is 4.67. The average molecular weight is 408 g/mol. The van der Waals surface area contributed by atoms with Crippen LogP contribution in [0.1, 0.15) is 15.2 Å². The number of amides is 2. The average Bonchev–Trinajstić information content (AvgIpc) is 3.21. The van der Waals surface area contributed by atoms with Crippen molar-refractivity contribution in [2.45, 2.75) is 0 Å². The summed E-state index contributed by atoms with van der Waals surface area (Å²) in [5.74, 6) is -0.627. The lowest BCUT2D eigenvalue weighted by molar-refractivity contribution is -0.115. The standard InChI is InChI=1S/C21H17N3O2S2/c25-19(13-12-16-9-6-14-28-16)24-21(27)23-18-11-5-4-10-17(18)20(26)22-15-7-2-1-3-8-15/h1-14H,(H,22,26)(H2,23,24,25,27)/b13-12+. The number of anilines is 2. The molecule has 0 saturated heterocycles. The Morgan fingerprint density at radius 1 is 0.893 bits per heavy atom. The normalized spacial score (nSPS) is 10.4. The largest absolute Gasteiger partial charge is 0.332 e. The highest BCUT2D eigenvalue weighted by molar-refractivity contribution is 7.80. The van der Waals surface area contributed by atoms with Crippen LogP contribution in [0.4, 0.5) is 11.4 Å². The van der Waals surface area contributed by atoms with Gasteiger partial charge >= 0.3 is 0 Å². The summed E-state index contributed by atoms with van der Waals surface area (Å²) in [7, 11) is 0. The number of rotatable bonds is 5. The number of carbonyl (C=O) groups excluding carboxylic acids is 2.